The smallest absolute Gasteiger partial charge is 0.180 e. The fourth-order valence-electron chi connectivity index (χ4n) is 2.14. The van der Waals surface area contributed by atoms with Gasteiger partial charge in [-0.25, -0.2) is 8.42 Å². The molecule has 2 aromatic rings. The molecule has 23 heavy (non-hydrogen) atoms. The molecule has 0 radical (unpaired) electrons. The summed E-state index contributed by atoms with van der Waals surface area (Å²) >= 11 is 0. The molecule has 2 aromatic carbocycles. The summed E-state index contributed by atoms with van der Waals surface area (Å²) in [6, 6.07) is 15.7. The van der Waals surface area contributed by atoms with E-state index in [-0.39, 0.29) is 16.6 Å². The zero-order chi connectivity index (χ0) is 17.0. The third-order valence-corrected chi connectivity index (χ3v) is 5.47. The van der Waals surface area contributed by atoms with Crippen LogP contribution in [0.4, 0.5) is 0 Å². The van der Waals surface area contributed by atoms with Gasteiger partial charge in [-0.05, 0) is 41.3 Å². The average molecular weight is 329 g/mol. The van der Waals surface area contributed by atoms with E-state index >= 15 is 0 Å². The van der Waals surface area contributed by atoms with Crippen LogP contribution in [0.5, 0.6) is 0 Å². The van der Waals surface area contributed by atoms with Gasteiger partial charge in [-0.15, -0.1) is 0 Å². The van der Waals surface area contributed by atoms with Crippen LogP contribution < -0.4 is 0 Å². The van der Waals surface area contributed by atoms with E-state index in [4.69, 9.17) is 5.26 Å². The van der Waals surface area contributed by atoms with Gasteiger partial charge in [0.1, 0.15) is 0 Å². The zero-order valence-corrected chi connectivity index (χ0v) is 13.9. The van der Waals surface area contributed by atoms with Gasteiger partial charge < -0.3 is 5.11 Å². The highest BCUT2D eigenvalue weighted by atomic mass is 32.2. The van der Waals surface area contributed by atoms with Crippen molar-refractivity contribution >= 4 is 9.84 Å². The van der Waals surface area contributed by atoms with Crippen LogP contribution in [0.25, 0.3) is 11.1 Å². The molecule has 0 aliphatic carbocycles. The van der Waals surface area contributed by atoms with Crippen molar-refractivity contribution in [3.63, 3.8) is 0 Å². The number of rotatable bonds is 5. The van der Waals surface area contributed by atoms with Gasteiger partial charge in [0.25, 0.3) is 0 Å². The van der Waals surface area contributed by atoms with Gasteiger partial charge in [0.15, 0.2) is 9.84 Å². The third-order valence-electron chi connectivity index (χ3n) is 3.70. The normalized spacial score (nSPS) is 12.8. The minimum atomic E-state index is -3.52. The fraction of sp³-hybridized carbons (Fsp3) is 0.278. The summed E-state index contributed by atoms with van der Waals surface area (Å²) in [5.74, 6) is -0.397. The van der Waals surface area contributed by atoms with Crippen molar-refractivity contribution in [2.24, 2.45) is 5.92 Å². The quantitative estimate of drug-likeness (QED) is 0.914. The Hall–Kier alpha value is -2.16. The second kappa shape index (κ2) is 6.95. The molecule has 1 N–H and O–H groups in total. The molecule has 0 spiro atoms. The number of sulfone groups is 1. The van der Waals surface area contributed by atoms with E-state index in [0.717, 1.165) is 11.1 Å². The first-order valence-corrected chi connectivity index (χ1v) is 9.00. The van der Waals surface area contributed by atoms with Crippen LogP contribution in [-0.4, -0.2) is 25.4 Å². The summed E-state index contributed by atoms with van der Waals surface area (Å²) in [7, 11) is -3.52. The molecule has 0 saturated carbocycles. The molecule has 0 heterocycles. The van der Waals surface area contributed by atoms with Crippen molar-refractivity contribution in [1.82, 2.24) is 0 Å². The van der Waals surface area contributed by atoms with Crippen molar-refractivity contribution in [3.05, 3.63) is 54.1 Å². The summed E-state index contributed by atoms with van der Waals surface area (Å²) < 4.78 is 24.6. The van der Waals surface area contributed by atoms with Gasteiger partial charge in [-0.2, -0.15) is 5.26 Å². The van der Waals surface area contributed by atoms with Crippen LogP contribution >= 0.6 is 0 Å². The van der Waals surface area contributed by atoms with Crippen molar-refractivity contribution in [2.45, 2.75) is 24.8 Å². The molecule has 1 atom stereocenters. The van der Waals surface area contributed by atoms with Crippen LogP contribution in [0.1, 0.15) is 19.4 Å². The molecule has 2 rings (SSSR count). The maximum absolute atomic E-state index is 12.3. The lowest BCUT2D eigenvalue weighted by atomic mass is 10.0. The molecule has 0 aliphatic rings. The van der Waals surface area contributed by atoms with Crippen LogP contribution in [0, 0.1) is 17.2 Å². The van der Waals surface area contributed by atoms with E-state index in [1.807, 2.05) is 6.07 Å². The standard InChI is InChI=1S/C18H19NO3S/c1-13(2)18(20)12-23(21,22)17-8-6-15(7-9-17)16-5-3-4-14(10-16)11-19/h3-10,13,18,20H,12H2,1-2H3. The summed E-state index contributed by atoms with van der Waals surface area (Å²) in [5, 5.41) is 18.7. The van der Waals surface area contributed by atoms with Crippen molar-refractivity contribution in [1.29, 1.82) is 5.26 Å². The minimum Gasteiger partial charge on any atom is -0.392 e. The second-order valence-corrected chi connectivity index (χ2v) is 7.84. The van der Waals surface area contributed by atoms with Crippen LogP contribution in [0.15, 0.2) is 53.4 Å². The van der Waals surface area contributed by atoms with Gasteiger partial charge in [0, 0.05) is 0 Å². The molecule has 0 fully saturated rings. The van der Waals surface area contributed by atoms with E-state index in [1.54, 1.807) is 44.2 Å². The first kappa shape index (κ1) is 17.2. The highest BCUT2D eigenvalue weighted by Crippen LogP contribution is 2.23. The summed E-state index contributed by atoms with van der Waals surface area (Å²) in [6.07, 6.45) is -0.882. The predicted octanol–water partition coefficient (Wildman–Crippen LogP) is 3.02. The Morgan fingerprint density at radius 2 is 1.74 bits per heavy atom. The van der Waals surface area contributed by atoms with Gasteiger partial charge in [0.2, 0.25) is 0 Å². The Morgan fingerprint density at radius 3 is 2.30 bits per heavy atom. The van der Waals surface area contributed by atoms with Crippen LogP contribution in [0.3, 0.4) is 0 Å². The SMILES string of the molecule is CC(C)C(O)CS(=O)(=O)c1ccc(-c2cccc(C#N)c2)cc1. The van der Waals surface area contributed by atoms with Crippen molar-refractivity contribution in [2.75, 3.05) is 5.75 Å². The monoisotopic (exact) mass is 329 g/mol. The Labute approximate surface area is 136 Å². The molecular formula is C18H19NO3S. The van der Waals surface area contributed by atoms with E-state index < -0.39 is 15.9 Å². The summed E-state index contributed by atoms with van der Waals surface area (Å²) in [6.45, 7) is 3.57. The second-order valence-electron chi connectivity index (χ2n) is 5.81. The Morgan fingerprint density at radius 1 is 1.09 bits per heavy atom. The number of hydrogen-bond donors (Lipinski definition) is 1. The molecule has 0 saturated heterocycles. The summed E-state index contributed by atoms with van der Waals surface area (Å²) in [4.78, 5) is 0.192. The van der Waals surface area contributed by atoms with Gasteiger partial charge >= 0.3 is 0 Å². The Bertz CT molecular complexity index is 818. The van der Waals surface area contributed by atoms with Crippen LogP contribution in [-0.2, 0) is 9.84 Å². The summed E-state index contributed by atoms with van der Waals surface area (Å²) in [5.41, 5.74) is 2.25. The number of aliphatic hydroxyl groups excluding tert-OH is 1. The molecule has 5 heteroatoms. The largest absolute Gasteiger partial charge is 0.392 e. The third kappa shape index (κ3) is 4.19. The van der Waals surface area contributed by atoms with Gasteiger partial charge in [-0.1, -0.05) is 38.1 Å². The molecule has 0 bridgehead atoms. The lowest BCUT2D eigenvalue weighted by Gasteiger charge is -2.14. The van der Waals surface area contributed by atoms with Gasteiger partial charge in [-0.3, -0.25) is 0 Å². The van der Waals surface area contributed by atoms with E-state index in [9.17, 15) is 13.5 Å². The number of nitriles is 1. The van der Waals surface area contributed by atoms with E-state index in [0.29, 0.717) is 5.56 Å². The van der Waals surface area contributed by atoms with Crippen LogP contribution in [0.2, 0.25) is 0 Å². The lowest BCUT2D eigenvalue weighted by Crippen LogP contribution is -2.25. The molecule has 0 aromatic heterocycles. The van der Waals surface area contributed by atoms with Gasteiger partial charge in [0.05, 0.1) is 28.4 Å². The topological polar surface area (TPSA) is 78.2 Å². The Balaban J connectivity index is 2.27. The maximum Gasteiger partial charge on any atom is 0.180 e. The number of hydrogen-bond acceptors (Lipinski definition) is 4. The molecule has 0 amide bonds. The molecule has 120 valence electrons. The first-order valence-electron chi connectivity index (χ1n) is 7.35. The fourth-order valence-corrected chi connectivity index (χ4v) is 3.71. The highest BCUT2D eigenvalue weighted by molar-refractivity contribution is 7.91. The molecule has 4 nitrogen and oxygen atoms in total. The number of aliphatic hydroxyl groups is 1. The average Bonchev–Trinajstić information content (AvgIpc) is 2.54. The maximum atomic E-state index is 12.3. The predicted molar refractivity (Wildman–Crippen MR) is 89.5 cm³/mol. The highest BCUT2D eigenvalue weighted by Gasteiger charge is 2.21. The van der Waals surface area contributed by atoms with E-state index in [2.05, 4.69) is 6.07 Å². The lowest BCUT2D eigenvalue weighted by molar-refractivity contribution is 0.147. The number of nitrogens with zero attached hydrogens (tertiary/aromatic N) is 1. The minimum absolute atomic E-state index is 0.113. The zero-order valence-electron chi connectivity index (χ0n) is 13.1. The molecule has 0 aliphatic heterocycles. The van der Waals surface area contributed by atoms with E-state index in [1.165, 1.54) is 12.1 Å². The molecule has 1 unspecified atom stereocenters. The van der Waals surface area contributed by atoms with Crippen molar-refractivity contribution in [3.8, 4) is 17.2 Å². The number of benzene rings is 2. The molecular weight excluding hydrogens is 310 g/mol. The first-order chi connectivity index (χ1) is 10.8. The Kier molecular flexibility index (Phi) is 5.19. The van der Waals surface area contributed by atoms with Crippen molar-refractivity contribution < 1.29 is 13.5 Å².